The highest BCUT2D eigenvalue weighted by atomic mass is 16.5. The van der Waals surface area contributed by atoms with Crippen LogP contribution in [0.5, 0.6) is 17.2 Å². The maximum Gasteiger partial charge on any atom is 0.295 e. The minimum absolute atomic E-state index is 0.0651. The van der Waals surface area contributed by atoms with Crippen molar-refractivity contribution in [3.05, 3.63) is 58.7 Å². The van der Waals surface area contributed by atoms with Gasteiger partial charge >= 0.3 is 0 Å². The molecule has 2 aromatic carbocycles. The Kier molecular flexibility index (Phi) is 12.1. The Morgan fingerprint density at radius 1 is 0.902 bits per heavy atom. The van der Waals surface area contributed by atoms with Crippen molar-refractivity contribution in [3.63, 3.8) is 0 Å². The molecule has 0 aliphatic carbocycles. The third-order valence-electron chi connectivity index (χ3n) is 7.55. The molecule has 8 heteroatoms. The lowest BCUT2D eigenvalue weighted by molar-refractivity contribution is -0.140. The molecule has 1 heterocycles. The van der Waals surface area contributed by atoms with Crippen LogP contribution in [-0.2, 0) is 9.59 Å². The van der Waals surface area contributed by atoms with E-state index in [2.05, 4.69) is 32.6 Å². The number of unbranched alkanes of at least 4 members (excludes halogenated alkanes) is 2. The van der Waals surface area contributed by atoms with Crippen molar-refractivity contribution in [2.75, 3.05) is 46.5 Å². The number of Topliss-reactive ketones (excluding diaryl/α,β-unsaturated/α-hetero) is 1. The Bertz CT molecular complexity index is 1220. The Morgan fingerprint density at radius 2 is 1.54 bits per heavy atom. The first-order valence-corrected chi connectivity index (χ1v) is 14.9. The summed E-state index contributed by atoms with van der Waals surface area (Å²) >= 11 is 0. The van der Waals surface area contributed by atoms with E-state index in [9.17, 15) is 14.7 Å². The molecule has 1 atom stereocenters. The van der Waals surface area contributed by atoms with Crippen molar-refractivity contribution in [3.8, 4) is 17.2 Å². The molecule has 1 N–H and O–H groups in total. The van der Waals surface area contributed by atoms with Gasteiger partial charge in [0.25, 0.3) is 11.7 Å². The van der Waals surface area contributed by atoms with E-state index in [1.165, 1.54) is 0 Å². The van der Waals surface area contributed by atoms with Gasteiger partial charge in [0.05, 0.1) is 31.9 Å². The molecular formula is C33H46N2O6. The predicted molar refractivity (Wildman–Crippen MR) is 162 cm³/mol. The van der Waals surface area contributed by atoms with Gasteiger partial charge in [0.1, 0.15) is 11.5 Å². The Labute approximate surface area is 244 Å². The van der Waals surface area contributed by atoms with Crippen LogP contribution in [0.3, 0.4) is 0 Å². The molecule has 1 aliphatic heterocycles. The number of rotatable bonds is 16. The van der Waals surface area contributed by atoms with Crippen molar-refractivity contribution in [2.45, 2.75) is 66.3 Å². The van der Waals surface area contributed by atoms with Crippen molar-refractivity contribution >= 4 is 17.4 Å². The Hall–Kier alpha value is -3.52. The predicted octanol–water partition coefficient (Wildman–Crippen LogP) is 6.12. The molecule has 0 bridgehead atoms. The average molecular weight is 567 g/mol. The van der Waals surface area contributed by atoms with Crippen molar-refractivity contribution in [2.24, 2.45) is 0 Å². The van der Waals surface area contributed by atoms with E-state index >= 15 is 0 Å². The number of nitrogens with zero attached hydrogens (tertiary/aromatic N) is 2. The van der Waals surface area contributed by atoms with Gasteiger partial charge in [-0.2, -0.15) is 0 Å². The van der Waals surface area contributed by atoms with Gasteiger partial charge in [0.2, 0.25) is 0 Å². The fourth-order valence-corrected chi connectivity index (χ4v) is 4.99. The second-order valence-electron chi connectivity index (χ2n) is 10.3. The topological polar surface area (TPSA) is 88.5 Å². The van der Waals surface area contributed by atoms with E-state index in [4.69, 9.17) is 14.2 Å². The summed E-state index contributed by atoms with van der Waals surface area (Å²) in [5.41, 5.74) is 2.04. The number of amides is 1. The first kappa shape index (κ1) is 32.0. The number of aryl methyl sites for hydroxylation is 1. The van der Waals surface area contributed by atoms with E-state index < -0.39 is 17.7 Å². The number of ether oxygens (including phenoxy) is 3. The number of ketones is 1. The van der Waals surface area contributed by atoms with Crippen molar-refractivity contribution in [1.29, 1.82) is 0 Å². The van der Waals surface area contributed by atoms with E-state index in [-0.39, 0.29) is 11.3 Å². The summed E-state index contributed by atoms with van der Waals surface area (Å²) in [4.78, 5) is 30.7. The highest BCUT2D eigenvalue weighted by molar-refractivity contribution is 6.46. The first-order valence-electron chi connectivity index (χ1n) is 14.9. The third kappa shape index (κ3) is 7.61. The number of aliphatic hydroxyl groups is 1. The molecule has 1 fully saturated rings. The number of likely N-dealkylation sites (tertiary alicyclic amines) is 1. The van der Waals surface area contributed by atoms with Crippen LogP contribution in [0.1, 0.15) is 76.1 Å². The SMILES string of the molecule is CCCCOc1ccc(C(O)=C2C(=O)C(=O)N(CCN(CC)CC)C2c2ccc(OCCCC)c(OC)c2)cc1C. The lowest BCUT2D eigenvalue weighted by Crippen LogP contribution is -2.38. The maximum atomic E-state index is 13.5. The number of methoxy groups -OCH3 is 1. The van der Waals surface area contributed by atoms with Crippen LogP contribution < -0.4 is 14.2 Å². The van der Waals surface area contributed by atoms with E-state index in [0.29, 0.717) is 48.9 Å². The number of aliphatic hydroxyl groups excluding tert-OH is 1. The first-order chi connectivity index (χ1) is 19.8. The lowest BCUT2D eigenvalue weighted by Gasteiger charge is -2.28. The highest BCUT2D eigenvalue weighted by Crippen LogP contribution is 2.42. The van der Waals surface area contributed by atoms with Crippen LogP contribution in [0, 0.1) is 6.92 Å². The quantitative estimate of drug-likeness (QED) is 0.113. The number of benzene rings is 2. The van der Waals surface area contributed by atoms with Crippen LogP contribution in [0.2, 0.25) is 0 Å². The molecule has 2 aromatic rings. The molecule has 1 amide bonds. The van der Waals surface area contributed by atoms with E-state index in [0.717, 1.165) is 50.1 Å². The zero-order valence-electron chi connectivity index (χ0n) is 25.5. The van der Waals surface area contributed by atoms with E-state index in [1.54, 1.807) is 42.3 Å². The van der Waals surface area contributed by atoms with Crippen LogP contribution >= 0.6 is 0 Å². The molecular weight excluding hydrogens is 520 g/mol. The molecule has 1 unspecified atom stereocenters. The van der Waals surface area contributed by atoms with Crippen LogP contribution in [-0.4, -0.2) is 73.1 Å². The van der Waals surface area contributed by atoms with Crippen molar-refractivity contribution < 1.29 is 28.9 Å². The zero-order valence-corrected chi connectivity index (χ0v) is 25.5. The van der Waals surface area contributed by atoms with Crippen LogP contribution in [0.4, 0.5) is 0 Å². The molecule has 224 valence electrons. The molecule has 0 radical (unpaired) electrons. The van der Waals surface area contributed by atoms with Gasteiger partial charge in [-0.1, -0.05) is 46.6 Å². The summed E-state index contributed by atoms with van der Waals surface area (Å²) in [6.07, 6.45) is 3.90. The maximum absolute atomic E-state index is 13.5. The standard InChI is InChI=1S/C33H46N2O6/c1-7-11-19-40-26-15-14-25(21-23(26)5)31(36)29-30(35(33(38)32(29)37)18-17-34(9-3)10-4)24-13-16-27(28(22-24)39-6)41-20-12-8-2/h13-16,21-22,30,36H,7-12,17-20H2,1-6H3. The second-order valence-corrected chi connectivity index (χ2v) is 10.3. The molecule has 0 spiro atoms. The second kappa shape index (κ2) is 15.5. The minimum Gasteiger partial charge on any atom is -0.507 e. The highest BCUT2D eigenvalue weighted by Gasteiger charge is 2.46. The number of hydrogen-bond donors (Lipinski definition) is 1. The summed E-state index contributed by atoms with van der Waals surface area (Å²) in [7, 11) is 1.57. The molecule has 41 heavy (non-hydrogen) atoms. The van der Waals surface area contributed by atoms with Crippen LogP contribution in [0.25, 0.3) is 5.76 Å². The van der Waals surface area contributed by atoms with Gasteiger partial charge in [0.15, 0.2) is 11.5 Å². The average Bonchev–Trinajstić information content (AvgIpc) is 3.23. The number of hydrogen-bond acceptors (Lipinski definition) is 7. The summed E-state index contributed by atoms with van der Waals surface area (Å²) in [6.45, 7) is 14.0. The molecule has 1 aliphatic rings. The summed E-state index contributed by atoms with van der Waals surface area (Å²) < 4.78 is 17.4. The van der Waals surface area contributed by atoms with Gasteiger partial charge in [0, 0.05) is 18.7 Å². The molecule has 8 nitrogen and oxygen atoms in total. The summed E-state index contributed by atoms with van der Waals surface area (Å²) in [5, 5.41) is 11.6. The molecule has 3 rings (SSSR count). The zero-order chi connectivity index (χ0) is 29.9. The minimum atomic E-state index is -0.773. The Morgan fingerprint density at radius 3 is 2.12 bits per heavy atom. The van der Waals surface area contributed by atoms with Gasteiger partial charge in [-0.25, -0.2) is 0 Å². The number of carbonyl (C=O) groups excluding carboxylic acids is 2. The van der Waals surface area contributed by atoms with Gasteiger partial charge in [-0.3, -0.25) is 9.59 Å². The largest absolute Gasteiger partial charge is 0.507 e. The molecule has 0 aromatic heterocycles. The monoisotopic (exact) mass is 566 g/mol. The van der Waals surface area contributed by atoms with Gasteiger partial charge in [-0.05, 0) is 74.3 Å². The summed E-state index contributed by atoms with van der Waals surface area (Å²) in [5.74, 6) is 0.313. The van der Waals surface area contributed by atoms with Gasteiger partial charge < -0.3 is 29.1 Å². The van der Waals surface area contributed by atoms with Gasteiger partial charge in [-0.15, -0.1) is 0 Å². The normalized spacial score (nSPS) is 16.5. The fraction of sp³-hybridized carbons (Fsp3) is 0.515. The Balaban J connectivity index is 2.08. The third-order valence-corrected chi connectivity index (χ3v) is 7.55. The van der Waals surface area contributed by atoms with Crippen molar-refractivity contribution in [1.82, 2.24) is 9.80 Å². The summed E-state index contributed by atoms with van der Waals surface area (Å²) in [6, 6.07) is 10.00. The number of carbonyl (C=O) groups is 2. The van der Waals surface area contributed by atoms with E-state index in [1.807, 2.05) is 13.0 Å². The molecule has 0 saturated carbocycles. The van der Waals surface area contributed by atoms with Crippen LogP contribution in [0.15, 0.2) is 42.0 Å². The number of likely N-dealkylation sites (N-methyl/N-ethyl adjacent to an activating group) is 1. The fourth-order valence-electron chi connectivity index (χ4n) is 4.99. The molecule has 1 saturated heterocycles. The smallest absolute Gasteiger partial charge is 0.295 e. The lowest BCUT2D eigenvalue weighted by atomic mass is 9.94.